The molecule has 0 spiro atoms. The molecule has 0 aliphatic heterocycles. The molecule has 0 aliphatic carbocycles. The lowest BCUT2D eigenvalue weighted by atomic mass is 10.3. The Morgan fingerprint density at radius 3 is 1.71 bits per heavy atom. The number of hydrogen-bond acceptors (Lipinski definition) is 3. The van der Waals surface area contributed by atoms with E-state index < -0.39 is 0 Å². The molecule has 0 atom stereocenters. The topological polar surface area (TPSA) is 26.7 Å². The van der Waals surface area contributed by atoms with Crippen LogP contribution in [-0.2, 0) is 0 Å². The maximum absolute atomic E-state index is 8.82. The van der Waals surface area contributed by atoms with Gasteiger partial charge in [0.2, 0.25) is 0 Å². The van der Waals surface area contributed by atoms with Gasteiger partial charge in [-0.3, -0.25) is 0 Å². The van der Waals surface area contributed by atoms with Crippen LogP contribution < -0.4 is 0 Å². The number of nitrogens with zero attached hydrogens (tertiary/aromatic N) is 2. The quantitative estimate of drug-likeness (QED) is 0.605. The molecule has 0 saturated heterocycles. The van der Waals surface area contributed by atoms with Gasteiger partial charge in [-0.05, 0) is 39.1 Å². The van der Waals surface area contributed by atoms with Crippen molar-refractivity contribution in [2.45, 2.75) is 27.2 Å². The standard InChI is InChI=1S/C11H26N2O/c1-4-12(5-2)8-7-9-13(6-3)10-11-14/h14H,4-11H2,1-3H3. The summed E-state index contributed by atoms with van der Waals surface area (Å²) in [5.74, 6) is 0. The van der Waals surface area contributed by atoms with Gasteiger partial charge < -0.3 is 14.9 Å². The number of likely N-dealkylation sites (N-methyl/N-ethyl adjacent to an activating group) is 1. The van der Waals surface area contributed by atoms with Crippen LogP contribution in [0.25, 0.3) is 0 Å². The van der Waals surface area contributed by atoms with Crippen LogP contribution in [0, 0.1) is 0 Å². The molecular weight excluding hydrogens is 176 g/mol. The molecule has 0 rings (SSSR count). The van der Waals surface area contributed by atoms with Gasteiger partial charge in [0.1, 0.15) is 0 Å². The molecule has 0 amide bonds. The zero-order chi connectivity index (χ0) is 10.8. The molecule has 0 aromatic rings. The lowest BCUT2D eigenvalue weighted by Crippen LogP contribution is -2.31. The average Bonchev–Trinajstić information content (AvgIpc) is 2.23. The van der Waals surface area contributed by atoms with Crippen LogP contribution in [-0.4, -0.2) is 60.8 Å². The van der Waals surface area contributed by atoms with Crippen molar-refractivity contribution in [1.82, 2.24) is 9.80 Å². The lowest BCUT2D eigenvalue weighted by Gasteiger charge is -2.22. The molecule has 0 saturated carbocycles. The van der Waals surface area contributed by atoms with Crippen molar-refractivity contribution in [2.75, 3.05) is 45.9 Å². The molecule has 14 heavy (non-hydrogen) atoms. The van der Waals surface area contributed by atoms with Crippen molar-refractivity contribution in [3.05, 3.63) is 0 Å². The Labute approximate surface area is 88.7 Å². The minimum atomic E-state index is 0.277. The molecule has 0 aliphatic rings. The van der Waals surface area contributed by atoms with E-state index in [-0.39, 0.29) is 6.61 Å². The van der Waals surface area contributed by atoms with Gasteiger partial charge in [0, 0.05) is 6.54 Å². The minimum Gasteiger partial charge on any atom is -0.395 e. The number of aliphatic hydroxyl groups is 1. The molecule has 86 valence electrons. The summed E-state index contributed by atoms with van der Waals surface area (Å²) in [7, 11) is 0. The van der Waals surface area contributed by atoms with E-state index in [0.717, 1.165) is 32.7 Å². The van der Waals surface area contributed by atoms with Crippen molar-refractivity contribution in [3.63, 3.8) is 0 Å². The van der Waals surface area contributed by atoms with E-state index in [4.69, 9.17) is 5.11 Å². The Bertz CT molecular complexity index is 116. The highest BCUT2D eigenvalue weighted by Gasteiger charge is 2.02. The Balaban J connectivity index is 3.48. The van der Waals surface area contributed by atoms with Gasteiger partial charge in [0.05, 0.1) is 6.61 Å². The van der Waals surface area contributed by atoms with E-state index in [2.05, 4.69) is 30.6 Å². The Morgan fingerprint density at radius 1 is 0.786 bits per heavy atom. The van der Waals surface area contributed by atoms with E-state index in [1.807, 2.05) is 0 Å². The zero-order valence-electron chi connectivity index (χ0n) is 10.00. The van der Waals surface area contributed by atoms with Crippen molar-refractivity contribution >= 4 is 0 Å². The third kappa shape index (κ3) is 6.35. The first-order valence-corrected chi connectivity index (χ1v) is 5.83. The summed E-state index contributed by atoms with van der Waals surface area (Å²) in [6.45, 7) is 13.2. The highest BCUT2D eigenvalue weighted by molar-refractivity contribution is 4.58. The predicted molar refractivity (Wildman–Crippen MR) is 61.6 cm³/mol. The van der Waals surface area contributed by atoms with Gasteiger partial charge in [-0.2, -0.15) is 0 Å². The van der Waals surface area contributed by atoms with E-state index in [0.29, 0.717) is 0 Å². The summed E-state index contributed by atoms with van der Waals surface area (Å²) < 4.78 is 0. The van der Waals surface area contributed by atoms with Gasteiger partial charge in [0.15, 0.2) is 0 Å². The number of aliphatic hydroxyl groups excluding tert-OH is 1. The summed E-state index contributed by atoms with van der Waals surface area (Å²) in [5.41, 5.74) is 0. The van der Waals surface area contributed by atoms with Crippen LogP contribution in [0.3, 0.4) is 0 Å². The fourth-order valence-corrected chi connectivity index (χ4v) is 1.63. The van der Waals surface area contributed by atoms with E-state index >= 15 is 0 Å². The first-order valence-electron chi connectivity index (χ1n) is 5.83. The van der Waals surface area contributed by atoms with Crippen LogP contribution in [0.1, 0.15) is 27.2 Å². The largest absolute Gasteiger partial charge is 0.395 e. The highest BCUT2D eigenvalue weighted by atomic mass is 16.3. The third-order valence-corrected chi connectivity index (χ3v) is 2.71. The summed E-state index contributed by atoms with van der Waals surface area (Å²) in [6, 6.07) is 0. The first kappa shape index (κ1) is 13.9. The SMILES string of the molecule is CCN(CC)CCCN(CC)CCO. The Hall–Kier alpha value is -0.120. The van der Waals surface area contributed by atoms with Crippen LogP contribution in [0.15, 0.2) is 0 Å². The molecule has 0 heterocycles. The molecule has 0 aromatic heterocycles. The second-order valence-electron chi connectivity index (χ2n) is 3.54. The highest BCUT2D eigenvalue weighted by Crippen LogP contribution is 1.94. The maximum atomic E-state index is 8.82. The fraction of sp³-hybridized carbons (Fsp3) is 1.00. The lowest BCUT2D eigenvalue weighted by molar-refractivity contribution is 0.191. The van der Waals surface area contributed by atoms with Gasteiger partial charge in [0.25, 0.3) is 0 Å². The molecule has 0 fully saturated rings. The second-order valence-corrected chi connectivity index (χ2v) is 3.54. The van der Waals surface area contributed by atoms with Gasteiger partial charge in [-0.1, -0.05) is 20.8 Å². The monoisotopic (exact) mass is 202 g/mol. The van der Waals surface area contributed by atoms with E-state index in [9.17, 15) is 0 Å². The predicted octanol–water partition coefficient (Wildman–Crippen LogP) is 1.03. The normalized spacial score (nSPS) is 11.6. The minimum absolute atomic E-state index is 0.277. The zero-order valence-corrected chi connectivity index (χ0v) is 10.00. The van der Waals surface area contributed by atoms with Crippen molar-refractivity contribution in [1.29, 1.82) is 0 Å². The summed E-state index contributed by atoms with van der Waals surface area (Å²) in [5, 5.41) is 8.82. The molecule has 0 aromatic carbocycles. The number of rotatable bonds is 9. The van der Waals surface area contributed by atoms with Crippen molar-refractivity contribution in [2.24, 2.45) is 0 Å². The second kappa shape index (κ2) is 9.44. The Morgan fingerprint density at radius 2 is 1.29 bits per heavy atom. The fourth-order valence-electron chi connectivity index (χ4n) is 1.63. The van der Waals surface area contributed by atoms with Crippen LogP contribution in [0.5, 0.6) is 0 Å². The van der Waals surface area contributed by atoms with E-state index in [1.54, 1.807) is 0 Å². The van der Waals surface area contributed by atoms with Crippen molar-refractivity contribution in [3.8, 4) is 0 Å². The molecule has 3 nitrogen and oxygen atoms in total. The number of hydrogen-bond donors (Lipinski definition) is 1. The van der Waals surface area contributed by atoms with Gasteiger partial charge in [-0.25, -0.2) is 0 Å². The summed E-state index contributed by atoms with van der Waals surface area (Å²) in [6.07, 6.45) is 1.20. The molecule has 0 unspecified atom stereocenters. The van der Waals surface area contributed by atoms with Crippen LogP contribution in [0.2, 0.25) is 0 Å². The third-order valence-electron chi connectivity index (χ3n) is 2.71. The smallest absolute Gasteiger partial charge is 0.0558 e. The average molecular weight is 202 g/mol. The molecule has 3 heteroatoms. The Kier molecular flexibility index (Phi) is 9.35. The van der Waals surface area contributed by atoms with E-state index in [1.165, 1.54) is 13.0 Å². The summed E-state index contributed by atoms with van der Waals surface area (Å²) in [4.78, 5) is 4.73. The summed E-state index contributed by atoms with van der Waals surface area (Å²) >= 11 is 0. The first-order chi connectivity index (χ1) is 6.78. The molecule has 0 radical (unpaired) electrons. The van der Waals surface area contributed by atoms with Crippen LogP contribution in [0.4, 0.5) is 0 Å². The maximum Gasteiger partial charge on any atom is 0.0558 e. The van der Waals surface area contributed by atoms with Gasteiger partial charge in [-0.15, -0.1) is 0 Å². The van der Waals surface area contributed by atoms with Crippen molar-refractivity contribution < 1.29 is 5.11 Å². The molecular formula is C11H26N2O. The molecule has 1 N–H and O–H groups in total. The van der Waals surface area contributed by atoms with Crippen LogP contribution >= 0.6 is 0 Å². The van der Waals surface area contributed by atoms with Gasteiger partial charge >= 0.3 is 0 Å². The molecule has 0 bridgehead atoms.